The minimum absolute atomic E-state index is 0.00610. The van der Waals surface area contributed by atoms with E-state index in [-0.39, 0.29) is 37.8 Å². The first-order valence-electron chi connectivity index (χ1n) is 17.4. The van der Waals surface area contributed by atoms with Crippen LogP contribution in [0.5, 0.6) is 0 Å². The second kappa shape index (κ2) is 20.3. The summed E-state index contributed by atoms with van der Waals surface area (Å²) in [6.45, 7) is 13.9. The molecule has 0 saturated carbocycles. The molecule has 2 aromatic carbocycles. The molecule has 13 nitrogen and oxygen atoms in total. The van der Waals surface area contributed by atoms with E-state index in [1.165, 1.54) is 18.9 Å². The maximum atomic E-state index is 14.0. The molecule has 5 amide bonds. The number of ether oxygens (including phenoxy) is 2. The molecule has 13 heteroatoms. The lowest BCUT2D eigenvalue weighted by atomic mass is 9.99. The number of carbonyl (C=O) groups excluding carboxylic acids is 5. The second-order valence-corrected chi connectivity index (χ2v) is 14.5. The van der Waals surface area contributed by atoms with Gasteiger partial charge < -0.3 is 40.7 Å². The zero-order valence-corrected chi connectivity index (χ0v) is 31.4. The normalized spacial score (nSPS) is 14.4. The fourth-order valence-electron chi connectivity index (χ4n) is 5.21. The van der Waals surface area contributed by atoms with E-state index in [0.717, 1.165) is 11.1 Å². The van der Waals surface area contributed by atoms with Crippen LogP contribution >= 0.6 is 0 Å². The van der Waals surface area contributed by atoms with Gasteiger partial charge in [0.25, 0.3) is 0 Å². The van der Waals surface area contributed by atoms with Crippen molar-refractivity contribution in [3.63, 3.8) is 0 Å². The van der Waals surface area contributed by atoms with Gasteiger partial charge in [-0.2, -0.15) is 0 Å². The lowest BCUT2D eigenvalue weighted by Gasteiger charge is -2.32. The maximum absolute atomic E-state index is 14.0. The molecule has 0 heterocycles. The summed E-state index contributed by atoms with van der Waals surface area (Å²) in [6, 6.07) is 14.0. The Morgan fingerprint density at radius 3 is 1.86 bits per heavy atom. The monoisotopic (exact) mass is 711 g/mol. The average molecular weight is 712 g/mol. The van der Waals surface area contributed by atoms with E-state index in [9.17, 15) is 29.1 Å². The van der Waals surface area contributed by atoms with Crippen LogP contribution in [0.3, 0.4) is 0 Å². The molecule has 0 spiro atoms. The zero-order valence-electron chi connectivity index (χ0n) is 31.4. The van der Waals surface area contributed by atoms with Crippen LogP contribution in [0.2, 0.25) is 0 Å². The van der Waals surface area contributed by atoms with Gasteiger partial charge >= 0.3 is 18.1 Å². The molecule has 0 aliphatic heterocycles. The van der Waals surface area contributed by atoms with E-state index in [1.807, 2.05) is 74.5 Å². The molecule has 5 atom stereocenters. The van der Waals surface area contributed by atoms with Gasteiger partial charge in [-0.05, 0) is 63.5 Å². The van der Waals surface area contributed by atoms with Gasteiger partial charge in [0.1, 0.15) is 23.7 Å². The molecule has 0 aromatic heterocycles. The maximum Gasteiger partial charge on any atom is 0.408 e. The van der Waals surface area contributed by atoms with Gasteiger partial charge in [-0.15, -0.1) is 0 Å². The number of urea groups is 1. The fourth-order valence-corrected chi connectivity index (χ4v) is 5.21. The number of hydrogen-bond donors (Lipinski definition) is 5. The topological polar surface area (TPSA) is 175 Å². The van der Waals surface area contributed by atoms with Crippen molar-refractivity contribution in [3.8, 4) is 0 Å². The van der Waals surface area contributed by atoms with Gasteiger partial charge in [-0.3, -0.25) is 9.59 Å². The number of methoxy groups -OCH3 is 1. The first kappa shape index (κ1) is 42.5. The summed E-state index contributed by atoms with van der Waals surface area (Å²) in [5.74, 6) is -1.95. The van der Waals surface area contributed by atoms with Gasteiger partial charge in [0, 0.05) is 6.54 Å². The third-order valence-electron chi connectivity index (χ3n) is 7.87. The molecule has 0 aliphatic carbocycles. The Balaban J connectivity index is 2.37. The van der Waals surface area contributed by atoms with Crippen molar-refractivity contribution >= 4 is 29.9 Å². The van der Waals surface area contributed by atoms with E-state index in [2.05, 4.69) is 21.3 Å². The molecule has 0 unspecified atom stereocenters. The largest absolute Gasteiger partial charge is 0.467 e. The highest BCUT2D eigenvalue weighted by Crippen LogP contribution is 2.14. The lowest BCUT2D eigenvalue weighted by Crippen LogP contribution is -2.58. The number of benzene rings is 2. The van der Waals surface area contributed by atoms with E-state index < -0.39 is 65.8 Å². The third kappa shape index (κ3) is 15.4. The summed E-state index contributed by atoms with van der Waals surface area (Å²) in [5.41, 5.74) is 0.836. The average Bonchev–Trinajstić information content (AvgIpc) is 3.05. The number of rotatable bonds is 17. The number of amides is 5. The van der Waals surface area contributed by atoms with E-state index >= 15 is 0 Å². The van der Waals surface area contributed by atoms with E-state index in [1.54, 1.807) is 34.6 Å². The van der Waals surface area contributed by atoms with Crippen molar-refractivity contribution in [2.45, 2.75) is 111 Å². The second-order valence-electron chi connectivity index (χ2n) is 14.5. The quantitative estimate of drug-likeness (QED) is 0.154. The van der Waals surface area contributed by atoms with Crippen molar-refractivity contribution in [1.82, 2.24) is 26.2 Å². The van der Waals surface area contributed by atoms with Gasteiger partial charge in [0.05, 0.1) is 25.8 Å². The minimum Gasteiger partial charge on any atom is -0.467 e. The van der Waals surface area contributed by atoms with Crippen LogP contribution in [-0.4, -0.2) is 89.4 Å². The summed E-state index contributed by atoms with van der Waals surface area (Å²) in [4.78, 5) is 67.0. The number of hydrogen-bond acceptors (Lipinski definition) is 8. The van der Waals surface area contributed by atoms with Crippen molar-refractivity contribution < 1.29 is 38.6 Å². The van der Waals surface area contributed by atoms with Crippen LogP contribution < -0.4 is 21.3 Å². The highest BCUT2D eigenvalue weighted by atomic mass is 16.6. The molecule has 0 fully saturated rings. The molecule has 5 N–H and O–H groups in total. The molecule has 282 valence electrons. The minimum atomic E-state index is -1.28. The molecule has 0 saturated heterocycles. The number of nitrogens with one attached hydrogen (secondary N) is 4. The molecule has 51 heavy (non-hydrogen) atoms. The molecular weight excluding hydrogens is 654 g/mol. The highest BCUT2D eigenvalue weighted by Gasteiger charge is 2.33. The molecule has 2 aromatic rings. The van der Waals surface area contributed by atoms with Crippen molar-refractivity contribution in [1.29, 1.82) is 0 Å². The number of aliphatic hydroxyl groups is 1. The third-order valence-corrected chi connectivity index (χ3v) is 7.87. The smallest absolute Gasteiger partial charge is 0.408 e. The number of carbonyl (C=O) groups is 5. The molecule has 0 radical (unpaired) electrons. The summed E-state index contributed by atoms with van der Waals surface area (Å²) >= 11 is 0. The predicted molar refractivity (Wildman–Crippen MR) is 194 cm³/mol. The fraction of sp³-hybridized carbons (Fsp3) is 0.553. The van der Waals surface area contributed by atoms with Crippen LogP contribution in [0, 0.1) is 11.8 Å². The summed E-state index contributed by atoms with van der Waals surface area (Å²) in [5, 5.41) is 22.6. The van der Waals surface area contributed by atoms with Crippen molar-refractivity contribution in [2.75, 3.05) is 13.7 Å². The van der Waals surface area contributed by atoms with Crippen molar-refractivity contribution in [2.24, 2.45) is 11.8 Å². The Hall–Kier alpha value is -4.65. The van der Waals surface area contributed by atoms with Gasteiger partial charge in [0.15, 0.2) is 0 Å². The highest BCUT2D eigenvalue weighted by molar-refractivity contribution is 5.90. The van der Waals surface area contributed by atoms with Gasteiger partial charge in [0.2, 0.25) is 11.8 Å². The Bertz CT molecular complexity index is 1410. The van der Waals surface area contributed by atoms with Crippen molar-refractivity contribution in [3.05, 3.63) is 71.8 Å². The molecule has 2 rings (SSSR count). The molecule has 0 aliphatic rings. The van der Waals surface area contributed by atoms with E-state index in [0.29, 0.717) is 0 Å². The lowest BCUT2D eigenvalue weighted by molar-refractivity contribution is -0.146. The van der Waals surface area contributed by atoms with Crippen LogP contribution in [0.15, 0.2) is 60.7 Å². The predicted octanol–water partition coefficient (Wildman–Crippen LogP) is 3.93. The van der Waals surface area contributed by atoms with Gasteiger partial charge in [-0.1, -0.05) is 88.4 Å². The summed E-state index contributed by atoms with van der Waals surface area (Å²) in [6.07, 6.45) is -1.54. The summed E-state index contributed by atoms with van der Waals surface area (Å²) in [7, 11) is 1.25. The molecule has 0 bridgehead atoms. The zero-order chi connectivity index (χ0) is 38.3. The number of esters is 1. The Kier molecular flexibility index (Phi) is 16.9. The number of nitrogens with zero attached hydrogens (tertiary/aromatic N) is 1. The number of alkyl carbamates (subject to hydrolysis) is 1. The van der Waals surface area contributed by atoms with Crippen LogP contribution in [0.25, 0.3) is 0 Å². The first-order chi connectivity index (χ1) is 23.9. The Labute approximate surface area is 302 Å². The number of aliphatic hydroxyl groups excluding tert-OH is 1. The Morgan fingerprint density at radius 1 is 0.784 bits per heavy atom. The molecular formula is C38H57N5O8. The summed E-state index contributed by atoms with van der Waals surface area (Å²) < 4.78 is 10.2. The van der Waals surface area contributed by atoms with E-state index in [4.69, 9.17) is 9.47 Å². The van der Waals surface area contributed by atoms with Crippen LogP contribution in [0.4, 0.5) is 9.59 Å². The van der Waals surface area contributed by atoms with Crippen LogP contribution in [-0.2, 0) is 36.8 Å². The SMILES string of the molecule is COC(=O)[C@@H](NC(=O)[C@H](CC(C)C)NC(=O)N(Cc1ccccc1)C[C@@H](O)[C@H](Cc1ccccc1)NC(=O)[C@H](C)NC(=O)OC(C)(C)C)C(C)C. The first-order valence-corrected chi connectivity index (χ1v) is 17.4. The standard InChI is InChI=1S/C38H57N5O8/c1-24(2)20-30(34(46)42-32(25(3)4)35(47)50-9)41-36(48)43(22-28-18-14-11-15-19-28)23-31(44)29(21-27-16-12-10-13-17-27)40-33(45)26(5)39-37(49)51-38(6,7)8/h10-19,24-26,29-32,44H,20-23H2,1-9H3,(H,39,49)(H,40,45)(H,41,48)(H,42,46)/t26-,29-,30-,31+,32-/m0/s1. The van der Waals surface area contributed by atoms with Crippen LogP contribution in [0.1, 0.15) is 72.9 Å². The van der Waals surface area contributed by atoms with Gasteiger partial charge in [-0.25, -0.2) is 14.4 Å². The Morgan fingerprint density at radius 2 is 1.35 bits per heavy atom.